The van der Waals surface area contributed by atoms with Crippen LogP contribution in [-0.2, 0) is 10.1 Å². The number of aryl methyl sites for hydroxylation is 1. The molecule has 0 unspecified atom stereocenters. The van der Waals surface area contributed by atoms with Crippen molar-refractivity contribution in [3.05, 3.63) is 59.2 Å². The Balaban J connectivity index is 2.39. The first-order valence-corrected chi connectivity index (χ1v) is 7.56. The normalized spacial score (nSPS) is 11.1. The van der Waals surface area contributed by atoms with Gasteiger partial charge in [0.05, 0.1) is 5.56 Å². The van der Waals surface area contributed by atoms with Crippen LogP contribution in [0, 0.1) is 13.8 Å². The van der Waals surface area contributed by atoms with Crippen LogP contribution in [-0.4, -0.2) is 19.5 Å². The minimum atomic E-state index is -3.99. The summed E-state index contributed by atoms with van der Waals surface area (Å²) in [6.45, 7) is 3.35. The van der Waals surface area contributed by atoms with Crippen LogP contribution in [0.5, 0.6) is 5.75 Å². The number of hydrogen-bond donors (Lipinski definition) is 1. The molecule has 0 saturated carbocycles. The van der Waals surface area contributed by atoms with Crippen molar-refractivity contribution >= 4 is 16.1 Å². The van der Waals surface area contributed by atoms with Crippen LogP contribution in [0.4, 0.5) is 0 Å². The van der Waals surface area contributed by atoms with E-state index in [2.05, 4.69) is 0 Å². The van der Waals surface area contributed by atoms with Crippen molar-refractivity contribution in [2.24, 2.45) is 0 Å². The third-order valence-corrected chi connectivity index (χ3v) is 4.27. The average Bonchev–Trinajstić information content (AvgIpc) is 2.41. The van der Waals surface area contributed by atoms with E-state index < -0.39 is 16.1 Å². The molecule has 0 aliphatic heterocycles. The molecule has 5 nitrogen and oxygen atoms in total. The topological polar surface area (TPSA) is 80.7 Å². The molecule has 0 aliphatic carbocycles. The Kier molecular flexibility index (Phi) is 3.99. The molecule has 0 aromatic heterocycles. The maximum Gasteiger partial charge on any atom is 0.339 e. The monoisotopic (exact) mass is 306 g/mol. The molecule has 6 heteroatoms. The molecule has 0 amide bonds. The quantitative estimate of drug-likeness (QED) is 0.878. The first kappa shape index (κ1) is 15.1. The van der Waals surface area contributed by atoms with Crippen molar-refractivity contribution in [3.63, 3.8) is 0 Å². The summed E-state index contributed by atoms with van der Waals surface area (Å²) in [5, 5.41) is 9.03. The van der Waals surface area contributed by atoms with Crippen LogP contribution in [0.25, 0.3) is 0 Å². The number of rotatable bonds is 4. The van der Waals surface area contributed by atoms with Gasteiger partial charge < -0.3 is 9.29 Å². The predicted molar refractivity (Wildman–Crippen MR) is 77.1 cm³/mol. The van der Waals surface area contributed by atoms with Crippen LogP contribution >= 0.6 is 0 Å². The zero-order valence-corrected chi connectivity index (χ0v) is 12.3. The van der Waals surface area contributed by atoms with Gasteiger partial charge in [0.2, 0.25) is 0 Å². The SMILES string of the molecule is Cc1ccc(S(=O)(=O)Oc2cccc(C(=O)O)c2C)cc1. The third kappa shape index (κ3) is 3.22. The maximum atomic E-state index is 12.2. The standard InChI is InChI=1S/C15H14O5S/c1-10-6-8-12(9-7-10)21(18,19)20-14-5-3-4-13(11(14)2)15(16)17/h3-9H,1-2H3,(H,16,17). The molecule has 2 aromatic carbocycles. The lowest BCUT2D eigenvalue weighted by Gasteiger charge is -2.11. The Morgan fingerprint density at radius 1 is 1.05 bits per heavy atom. The predicted octanol–water partition coefficient (Wildman–Crippen LogP) is 2.77. The third-order valence-electron chi connectivity index (χ3n) is 3.02. The van der Waals surface area contributed by atoms with Gasteiger partial charge in [-0.3, -0.25) is 0 Å². The van der Waals surface area contributed by atoms with Crippen LogP contribution in [0.1, 0.15) is 21.5 Å². The second kappa shape index (κ2) is 5.57. The zero-order valence-electron chi connectivity index (χ0n) is 11.5. The van der Waals surface area contributed by atoms with E-state index in [0.29, 0.717) is 0 Å². The van der Waals surface area contributed by atoms with Crippen molar-refractivity contribution in [2.75, 3.05) is 0 Å². The first-order chi connectivity index (χ1) is 9.81. The van der Waals surface area contributed by atoms with Crippen molar-refractivity contribution in [3.8, 4) is 5.75 Å². The van der Waals surface area contributed by atoms with Gasteiger partial charge in [0, 0.05) is 5.56 Å². The molecule has 0 saturated heterocycles. The lowest BCUT2D eigenvalue weighted by atomic mass is 10.1. The molecular weight excluding hydrogens is 292 g/mol. The highest BCUT2D eigenvalue weighted by Gasteiger charge is 2.19. The molecule has 0 radical (unpaired) electrons. The summed E-state index contributed by atoms with van der Waals surface area (Å²) < 4.78 is 29.4. The summed E-state index contributed by atoms with van der Waals surface area (Å²) in [4.78, 5) is 11.1. The van der Waals surface area contributed by atoms with Gasteiger partial charge in [0.1, 0.15) is 10.6 Å². The second-order valence-corrected chi connectivity index (χ2v) is 6.13. The molecule has 2 aromatic rings. The lowest BCUT2D eigenvalue weighted by molar-refractivity contribution is 0.0695. The minimum Gasteiger partial charge on any atom is -0.478 e. The molecule has 0 fully saturated rings. The molecule has 110 valence electrons. The summed E-state index contributed by atoms with van der Waals surface area (Å²) in [5.41, 5.74) is 1.20. The van der Waals surface area contributed by atoms with Gasteiger partial charge in [-0.2, -0.15) is 8.42 Å². The molecule has 0 atom stereocenters. The van der Waals surface area contributed by atoms with E-state index in [1.165, 1.54) is 37.3 Å². The van der Waals surface area contributed by atoms with Crippen LogP contribution in [0.2, 0.25) is 0 Å². The molecule has 21 heavy (non-hydrogen) atoms. The van der Waals surface area contributed by atoms with E-state index in [1.807, 2.05) is 6.92 Å². The highest BCUT2D eigenvalue weighted by Crippen LogP contribution is 2.25. The van der Waals surface area contributed by atoms with Crippen molar-refractivity contribution < 1.29 is 22.5 Å². The highest BCUT2D eigenvalue weighted by molar-refractivity contribution is 7.87. The Labute approximate surface area is 122 Å². The fourth-order valence-electron chi connectivity index (χ4n) is 1.81. The zero-order chi connectivity index (χ0) is 15.6. The fourth-order valence-corrected chi connectivity index (χ4v) is 2.79. The molecule has 0 bridgehead atoms. The molecule has 2 rings (SSSR count). The van der Waals surface area contributed by atoms with Crippen LogP contribution in [0.3, 0.4) is 0 Å². The van der Waals surface area contributed by atoms with Crippen molar-refractivity contribution in [2.45, 2.75) is 18.7 Å². The van der Waals surface area contributed by atoms with Gasteiger partial charge >= 0.3 is 16.1 Å². The highest BCUT2D eigenvalue weighted by atomic mass is 32.2. The van der Waals surface area contributed by atoms with Gasteiger partial charge in [-0.15, -0.1) is 0 Å². The number of carboxylic acid groups (broad SMARTS) is 1. The first-order valence-electron chi connectivity index (χ1n) is 6.15. The maximum absolute atomic E-state index is 12.2. The van der Waals surface area contributed by atoms with Gasteiger partial charge in [0.15, 0.2) is 0 Å². The van der Waals surface area contributed by atoms with Crippen LogP contribution in [0.15, 0.2) is 47.4 Å². The average molecular weight is 306 g/mol. The van der Waals surface area contributed by atoms with Gasteiger partial charge in [0.25, 0.3) is 0 Å². The van der Waals surface area contributed by atoms with Crippen molar-refractivity contribution in [1.82, 2.24) is 0 Å². The minimum absolute atomic E-state index is 0.00612. The van der Waals surface area contributed by atoms with E-state index >= 15 is 0 Å². The van der Waals surface area contributed by atoms with E-state index in [-0.39, 0.29) is 21.8 Å². The van der Waals surface area contributed by atoms with Gasteiger partial charge in [-0.25, -0.2) is 4.79 Å². The molecular formula is C15H14O5S. The van der Waals surface area contributed by atoms with Crippen LogP contribution < -0.4 is 4.18 Å². The molecule has 1 N–H and O–H groups in total. The van der Waals surface area contributed by atoms with E-state index in [1.54, 1.807) is 12.1 Å². The Morgan fingerprint density at radius 3 is 2.24 bits per heavy atom. The summed E-state index contributed by atoms with van der Waals surface area (Å²) >= 11 is 0. The van der Waals surface area contributed by atoms with Gasteiger partial charge in [-0.1, -0.05) is 23.8 Å². The van der Waals surface area contributed by atoms with E-state index in [0.717, 1.165) is 5.56 Å². The van der Waals surface area contributed by atoms with Gasteiger partial charge in [-0.05, 0) is 38.1 Å². The molecule has 0 aliphatic rings. The Morgan fingerprint density at radius 2 is 1.67 bits per heavy atom. The summed E-state index contributed by atoms with van der Waals surface area (Å²) in [7, 11) is -3.99. The second-order valence-electron chi connectivity index (χ2n) is 4.58. The number of carboxylic acids is 1. The Bertz CT molecular complexity index is 776. The lowest BCUT2D eigenvalue weighted by Crippen LogP contribution is -2.11. The number of aromatic carboxylic acids is 1. The summed E-state index contributed by atoms with van der Waals surface area (Å²) in [6, 6.07) is 10.5. The number of carbonyl (C=O) groups is 1. The number of hydrogen-bond acceptors (Lipinski definition) is 4. The largest absolute Gasteiger partial charge is 0.478 e. The number of benzene rings is 2. The molecule has 0 spiro atoms. The summed E-state index contributed by atoms with van der Waals surface area (Å²) in [6.07, 6.45) is 0. The van der Waals surface area contributed by atoms with E-state index in [4.69, 9.17) is 9.29 Å². The smallest absolute Gasteiger partial charge is 0.339 e. The van der Waals surface area contributed by atoms with E-state index in [9.17, 15) is 13.2 Å². The molecule has 0 heterocycles. The summed E-state index contributed by atoms with van der Waals surface area (Å²) in [5.74, 6) is -1.12. The Hall–Kier alpha value is -2.34. The fraction of sp³-hybridized carbons (Fsp3) is 0.133. The van der Waals surface area contributed by atoms with Crippen molar-refractivity contribution in [1.29, 1.82) is 0 Å².